The van der Waals surface area contributed by atoms with Crippen LogP contribution in [0.2, 0.25) is 0 Å². The Kier molecular flexibility index (Phi) is 7.77. The molecule has 0 aromatic heterocycles. The number of hydrogen-bond donors (Lipinski definition) is 2. The van der Waals surface area contributed by atoms with Crippen molar-refractivity contribution in [1.82, 2.24) is 10.6 Å². The minimum absolute atomic E-state index is 0.0989. The Labute approximate surface area is 167 Å². The average molecular weight is 377 g/mol. The van der Waals surface area contributed by atoms with Gasteiger partial charge in [-0.15, -0.1) is 0 Å². The van der Waals surface area contributed by atoms with Crippen molar-refractivity contribution in [2.75, 3.05) is 6.54 Å². The molecular weight excluding hydrogens is 347 g/mol. The summed E-state index contributed by atoms with van der Waals surface area (Å²) in [4.78, 5) is 0. The van der Waals surface area contributed by atoms with E-state index in [2.05, 4.69) is 66.1 Å². The van der Waals surface area contributed by atoms with Gasteiger partial charge in [-0.1, -0.05) is 79.7 Å². The van der Waals surface area contributed by atoms with E-state index in [-0.39, 0.29) is 5.82 Å². The lowest BCUT2D eigenvalue weighted by molar-refractivity contribution is 0.467. The third-order valence-corrected chi connectivity index (χ3v) is 5.01. The lowest BCUT2D eigenvalue weighted by Crippen LogP contribution is -2.37. The van der Waals surface area contributed by atoms with Gasteiger partial charge in [0.15, 0.2) is 0 Å². The van der Waals surface area contributed by atoms with Crippen LogP contribution < -0.4 is 10.6 Å². The normalized spacial score (nSPS) is 15.3. The van der Waals surface area contributed by atoms with Gasteiger partial charge in [0, 0.05) is 19.1 Å². The first-order valence-electron chi connectivity index (χ1n) is 10.0. The number of fused-ring (bicyclic) bond motifs is 1. The SMILES string of the molecule is CCNCc1ccccc1.Fc1ccccc1CC1Cc2ccccc2CN1. The third-order valence-electron chi connectivity index (χ3n) is 5.01. The maximum Gasteiger partial charge on any atom is 0.126 e. The second-order valence-electron chi connectivity index (χ2n) is 7.11. The van der Waals surface area contributed by atoms with E-state index in [1.165, 1.54) is 22.8 Å². The Morgan fingerprint density at radius 1 is 0.893 bits per heavy atom. The Morgan fingerprint density at radius 2 is 1.57 bits per heavy atom. The molecule has 0 spiro atoms. The van der Waals surface area contributed by atoms with Crippen molar-refractivity contribution in [2.45, 2.75) is 38.9 Å². The quantitative estimate of drug-likeness (QED) is 0.663. The molecule has 0 radical (unpaired) electrons. The summed E-state index contributed by atoms with van der Waals surface area (Å²) in [7, 11) is 0. The van der Waals surface area contributed by atoms with Crippen molar-refractivity contribution in [3.8, 4) is 0 Å². The standard InChI is InChI=1S/C16H16FN.C9H13N/c17-16-8-4-3-6-13(16)10-15-9-12-5-1-2-7-14(12)11-18-15;1-2-10-8-9-6-4-3-5-7-9/h1-8,15,18H,9-11H2;3-7,10H,2,8H2,1H3. The van der Waals surface area contributed by atoms with Gasteiger partial charge in [-0.05, 0) is 47.7 Å². The molecule has 3 aromatic carbocycles. The van der Waals surface area contributed by atoms with Gasteiger partial charge in [-0.25, -0.2) is 4.39 Å². The summed E-state index contributed by atoms with van der Waals surface area (Å²) in [6.07, 6.45) is 1.73. The maximum atomic E-state index is 13.6. The average Bonchev–Trinajstić information content (AvgIpc) is 2.75. The number of benzene rings is 3. The van der Waals surface area contributed by atoms with E-state index in [9.17, 15) is 4.39 Å². The molecule has 0 fully saturated rings. The van der Waals surface area contributed by atoms with Crippen molar-refractivity contribution < 1.29 is 4.39 Å². The van der Waals surface area contributed by atoms with Crippen LogP contribution in [0.5, 0.6) is 0 Å². The largest absolute Gasteiger partial charge is 0.313 e. The zero-order valence-electron chi connectivity index (χ0n) is 16.5. The van der Waals surface area contributed by atoms with Crippen molar-refractivity contribution in [3.63, 3.8) is 0 Å². The molecule has 0 aliphatic carbocycles. The molecule has 1 heterocycles. The molecule has 1 aliphatic heterocycles. The number of hydrogen-bond acceptors (Lipinski definition) is 2. The summed E-state index contributed by atoms with van der Waals surface area (Å²) in [5.74, 6) is -0.0989. The summed E-state index contributed by atoms with van der Waals surface area (Å²) in [6, 6.07) is 26.3. The van der Waals surface area contributed by atoms with Crippen LogP contribution in [0.1, 0.15) is 29.2 Å². The molecule has 3 aromatic rings. The minimum Gasteiger partial charge on any atom is -0.313 e. The monoisotopic (exact) mass is 376 g/mol. The molecule has 2 N–H and O–H groups in total. The molecule has 4 rings (SSSR count). The van der Waals surface area contributed by atoms with Crippen LogP contribution in [0.25, 0.3) is 0 Å². The first-order chi connectivity index (χ1) is 13.8. The Balaban J connectivity index is 0.000000192. The zero-order valence-corrected chi connectivity index (χ0v) is 16.5. The lowest BCUT2D eigenvalue weighted by Gasteiger charge is -2.26. The van der Waals surface area contributed by atoms with E-state index in [0.29, 0.717) is 6.04 Å². The molecular formula is C25H29FN2. The highest BCUT2D eigenvalue weighted by molar-refractivity contribution is 5.31. The molecule has 0 saturated carbocycles. The Hall–Kier alpha value is -2.49. The van der Waals surface area contributed by atoms with E-state index in [1.807, 2.05) is 18.2 Å². The number of halogens is 1. The highest BCUT2D eigenvalue weighted by Crippen LogP contribution is 2.19. The fourth-order valence-electron chi connectivity index (χ4n) is 3.46. The third kappa shape index (κ3) is 6.01. The van der Waals surface area contributed by atoms with Crippen LogP contribution in [0, 0.1) is 5.82 Å². The van der Waals surface area contributed by atoms with Crippen LogP contribution in [-0.4, -0.2) is 12.6 Å². The molecule has 0 saturated heterocycles. The van der Waals surface area contributed by atoms with E-state index in [1.54, 1.807) is 6.07 Å². The zero-order chi connectivity index (χ0) is 19.6. The number of rotatable bonds is 5. The van der Waals surface area contributed by atoms with Gasteiger partial charge >= 0.3 is 0 Å². The Morgan fingerprint density at radius 3 is 2.32 bits per heavy atom. The first-order valence-corrected chi connectivity index (χ1v) is 10.0. The highest BCUT2D eigenvalue weighted by Gasteiger charge is 2.18. The molecule has 2 nitrogen and oxygen atoms in total. The lowest BCUT2D eigenvalue weighted by atomic mass is 9.92. The van der Waals surface area contributed by atoms with Crippen molar-refractivity contribution in [1.29, 1.82) is 0 Å². The van der Waals surface area contributed by atoms with Crippen LogP contribution in [0.4, 0.5) is 4.39 Å². The maximum absolute atomic E-state index is 13.6. The van der Waals surface area contributed by atoms with Crippen LogP contribution in [0.3, 0.4) is 0 Å². The van der Waals surface area contributed by atoms with E-state index in [4.69, 9.17) is 0 Å². The summed E-state index contributed by atoms with van der Waals surface area (Å²) in [5, 5.41) is 6.75. The van der Waals surface area contributed by atoms with Crippen molar-refractivity contribution in [2.24, 2.45) is 0 Å². The van der Waals surface area contributed by atoms with Gasteiger partial charge in [0.25, 0.3) is 0 Å². The van der Waals surface area contributed by atoms with Crippen molar-refractivity contribution in [3.05, 3.63) is 107 Å². The molecule has 0 amide bonds. The summed E-state index contributed by atoms with van der Waals surface area (Å²) in [6.45, 7) is 5.02. The predicted octanol–water partition coefficient (Wildman–Crippen LogP) is 4.88. The Bertz CT molecular complexity index is 848. The molecule has 1 atom stereocenters. The summed E-state index contributed by atoms with van der Waals surface area (Å²) >= 11 is 0. The van der Waals surface area contributed by atoms with Gasteiger partial charge in [0.1, 0.15) is 5.82 Å². The summed E-state index contributed by atoms with van der Waals surface area (Å²) in [5.41, 5.74) is 4.90. The van der Waals surface area contributed by atoms with Gasteiger partial charge in [-0.2, -0.15) is 0 Å². The molecule has 28 heavy (non-hydrogen) atoms. The molecule has 3 heteroatoms. The first kappa shape index (κ1) is 20.2. The van der Waals surface area contributed by atoms with Gasteiger partial charge in [0.05, 0.1) is 0 Å². The van der Waals surface area contributed by atoms with E-state index < -0.39 is 0 Å². The predicted molar refractivity (Wildman–Crippen MR) is 115 cm³/mol. The second-order valence-corrected chi connectivity index (χ2v) is 7.11. The second kappa shape index (κ2) is 10.7. The van der Waals surface area contributed by atoms with Crippen LogP contribution in [0.15, 0.2) is 78.9 Å². The number of nitrogens with one attached hydrogen (secondary N) is 2. The van der Waals surface area contributed by atoms with Gasteiger partial charge in [0.2, 0.25) is 0 Å². The highest BCUT2D eigenvalue weighted by atomic mass is 19.1. The van der Waals surface area contributed by atoms with Crippen molar-refractivity contribution >= 4 is 0 Å². The fraction of sp³-hybridized carbons (Fsp3) is 0.280. The molecule has 146 valence electrons. The minimum atomic E-state index is -0.0989. The van der Waals surface area contributed by atoms with Gasteiger partial charge < -0.3 is 10.6 Å². The molecule has 1 unspecified atom stereocenters. The fourth-order valence-corrected chi connectivity index (χ4v) is 3.46. The van der Waals surface area contributed by atoms with Crippen LogP contribution in [-0.2, 0) is 25.9 Å². The van der Waals surface area contributed by atoms with E-state index >= 15 is 0 Å². The van der Waals surface area contributed by atoms with Gasteiger partial charge in [-0.3, -0.25) is 0 Å². The smallest absolute Gasteiger partial charge is 0.126 e. The topological polar surface area (TPSA) is 24.1 Å². The summed E-state index contributed by atoms with van der Waals surface area (Å²) < 4.78 is 13.6. The van der Waals surface area contributed by atoms with E-state index in [0.717, 1.165) is 38.0 Å². The van der Waals surface area contributed by atoms with Crippen LogP contribution >= 0.6 is 0 Å². The molecule has 0 bridgehead atoms. The molecule has 1 aliphatic rings.